The molecule has 2 aliphatic rings. The van der Waals surface area contributed by atoms with Crippen LogP contribution in [0.4, 0.5) is 0 Å². The molecule has 2 fully saturated rings. The summed E-state index contributed by atoms with van der Waals surface area (Å²) in [6, 6.07) is 19.4. The molecule has 170 valence electrons. The number of hydrogen-bond donors (Lipinski definition) is 1. The van der Waals surface area contributed by atoms with Crippen LogP contribution in [0.15, 0.2) is 54.6 Å². The number of aliphatic hydroxyl groups excluding tert-OH is 1. The van der Waals surface area contributed by atoms with Crippen molar-refractivity contribution in [2.75, 3.05) is 46.9 Å². The van der Waals surface area contributed by atoms with Crippen LogP contribution >= 0.6 is 0 Å². The zero-order chi connectivity index (χ0) is 22.5. The van der Waals surface area contributed by atoms with Crippen LogP contribution in [0.2, 0.25) is 0 Å². The van der Waals surface area contributed by atoms with Crippen molar-refractivity contribution in [3.63, 3.8) is 0 Å². The van der Waals surface area contributed by atoms with Gasteiger partial charge in [0.05, 0.1) is 13.2 Å². The van der Waals surface area contributed by atoms with Crippen LogP contribution in [0, 0.1) is 0 Å². The van der Waals surface area contributed by atoms with Gasteiger partial charge in [0.15, 0.2) is 0 Å². The molecule has 0 unspecified atom stereocenters. The van der Waals surface area contributed by atoms with Crippen LogP contribution < -0.4 is 0 Å². The first-order chi connectivity index (χ1) is 15.6. The molecule has 0 aromatic heterocycles. The van der Waals surface area contributed by atoms with Gasteiger partial charge in [-0.1, -0.05) is 66.7 Å². The molecular formula is C27H35N3O2. The fraction of sp³-hybridized carbons (Fsp3) is 0.444. The van der Waals surface area contributed by atoms with E-state index in [1.54, 1.807) is 0 Å². The average molecular weight is 434 g/mol. The van der Waals surface area contributed by atoms with Crippen molar-refractivity contribution in [1.29, 1.82) is 0 Å². The third-order valence-electron chi connectivity index (χ3n) is 6.76. The lowest BCUT2D eigenvalue weighted by atomic mass is 9.74. The SMILES string of the molecule is CN(C)CC(=O)N1CCCCN2[C@H](C1)[C@H](c1ccc(C=Cc3ccccc3)cc1)[C@@H]2CO. The number of nitrogens with zero attached hydrogens (tertiary/aromatic N) is 3. The topological polar surface area (TPSA) is 47.0 Å². The third-order valence-corrected chi connectivity index (χ3v) is 6.76. The number of likely N-dealkylation sites (N-methyl/N-ethyl adjacent to an activating group) is 1. The Morgan fingerprint density at radius 2 is 1.66 bits per heavy atom. The summed E-state index contributed by atoms with van der Waals surface area (Å²) < 4.78 is 0. The minimum atomic E-state index is 0.134. The molecule has 0 bridgehead atoms. The number of rotatable bonds is 6. The summed E-state index contributed by atoms with van der Waals surface area (Å²) in [4.78, 5) is 19.2. The Hall–Kier alpha value is -2.47. The molecule has 2 heterocycles. The Bertz CT molecular complexity index is 910. The van der Waals surface area contributed by atoms with Crippen LogP contribution in [0.1, 0.15) is 35.4 Å². The molecule has 5 nitrogen and oxygen atoms in total. The molecule has 2 saturated heterocycles. The Morgan fingerprint density at radius 3 is 2.31 bits per heavy atom. The van der Waals surface area contributed by atoms with E-state index in [4.69, 9.17) is 0 Å². The van der Waals surface area contributed by atoms with Crippen molar-refractivity contribution in [2.45, 2.75) is 30.8 Å². The quantitative estimate of drug-likeness (QED) is 0.711. The smallest absolute Gasteiger partial charge is 0.236 e. The third kappa shape index (κ3) is 5.12. The normalized spacial score (nSPS) is 24.1. The summed E-state index contributed by atoms with van der Waals surface area (Å²) in [5.74, 6) is 0.448. The molecule has 5 heteroatoms. The lowest BCUT2D eigenvalue weighted by molar-refractivity contribution is -0.137. The maximum absolute atomic E-state index is 12.8. The Labute approximate surface area is 191 Å². The number of fused-ring (bicyclic) bond motifs is 1. The van der Waals surface area contributed by atoms with E-state index in [2.05, 4.69) is 53.5 Å². The van der Waals surface area contributed by atoms with Gasteiger partial charge in [-0.25, -0.2) is 0 Å². The van der Waals surface area contributed by atoms with E-state index < -0.39 is 0 Å². The summed E-state index contributed by atoms with van der Waals surface area (Å²) in [6.07, 6.45) is 6.34. The van der Waals surface area contributed by atoms with E-state index >= 15 is 0 Å². The molecule has 1 amide bonds. The van der Waals surface area contributed by atoms with Crippen LogP contribution in [0.25, 0.3) is 12.2 Å². The van der Waals surface area contributed by atoms with Crippen LogP contribution in [-0.4, -0.2) is 84.7 Å². The highest BCUT2D eigenvalue weighted by molar-refractivity contribution is 5.78. The van der Waals surface area contributed by atoms with Crippen molar-refractivity contribution in [2.24, 2.45) is 0 Å². The van der Waals surface area contributed by atoms with Gasteiger partial charge in [0.1, 0.15) is 0 Å². The fourth-order valence-electron chi connectivity index (χ4n) is 5.12. The maximum Gasteiger partial charge on any atom is 0.236 e. The minimum Gasteiger partial charge on any atom is -0.395 e. The molecule has 4 rings (SSSR count). The summed E-state index contributed by atoms with van der Waals surface area (Å²) in [5, 5.41) is 10.1. The van der Waals surface area contributed by atoms with Gasteiger partial charge in [0.25, 0.3) is 0 Å². The minimum absolute atomic E-state index is 0.134. The standard InChI is InChI=1S/C27H35N3O2/c1-28(2)19-26(32)29-16-6-7-17-30-24(18-29)27(25(30)20-31)23-14-12-22(13-15-23)11-10-21-8-4-3-5-9-21/h3-5,8-15,24-25,27,31H,6-7,16-20H2,1-2H3/t24-,25+,27+/m1/s1. The number of amides is 1. The lowest BCUT2D eigenvalue weighted by Crippen LogP contribution is -2.68. The highest BCUT2D eigenvalue weighted by atomic mass is 16.3. The van der Waals surface area contributed by atoms with Gasteiger partial charge in [-0.2, -0.15) is 0 Å². The van der Waals surface area contributed by atoms with Gasteiger partial charge in [-0.05, 0) is 50.2 Å². The summed E-state index contributed by atoms with van der Waals surface area (Å²) in [6.45, 7) is 3.17. The molecule has 2 aromatic carbocycles. The van der Waals surface area contributed by atoms with Crippen LogP contribution in [-0.2, 0) is 4.79 Å². The highest BCUT2D eigenvalue weighted by Crippen LogP contribution is 2.42. The van der Waals surface area contributed by atoms with Crippen molar-refractivity contribution in [3.05, 3.63) is 71.3 Å². The molecular weight excluding hydrogens is 398 g/mol. The van der Waals surface area contributed by atoms with Crippen molar-refractivity contribution in [1.82, 2.24) is 14.7 Å². The van der Waals surface area contributed by atoms with E-state index in [1.165, 1.54) is 11.1 Å². The Morgan fingerprint density at radius 1 is 1.00 bits per heavy atom. The molecule has 3 atom stereocenters. The maximum atomic E-state index is 12.8. The van der Waals surface area contributed by atoms with E-state index in [9.17, 15) is 9.90 Å². The highest BCUT2D eigenvalue weighted by Gasteiger charge is 2.49. The number of carbonyl (C=O) groups is 1. The number of carbonyl (C=O) groups excluding carboxylic acids is 1. The molecule has 2 aliphatic heterocycles. The van der Waals surface area contributed by atoms with Gasteiger partial charge < -0.3 is 14.9 Å². The van der Waals surface area contributed by atoms with Crippen molar-refractivity contribution < 1.29 is 9.90 Å². The lowest BCUT2D eigenvalue weighted by Gasteiger charge is -2.57. The van der Waals surface area contributed by atoms with Gasteiger partial charge in [-0.15, -0.1) is 0 Å². The first-order valence-electron chi connectivity index (χ1n) is 11.7. The predicted molar refractivity (Wildman–Crippen MR) is 130 cm³/mol. The zero-order valence-corrected chi connectivity index (χ0v) is 19.2. The van der Waals surface area contributed by atoms with E-state index in [0.29, 0.717) is 6.54 Å². The first kappa shape index (κ1) is 22.7. The van der Waals surface area contributed by atoms with Gasteiger partial charge in [-0.3, -0.25) is 9.69 Å². The van der Waals surface area contributed by atoms with E-state index in [0.717, 1.165) is 38.0 Å². The average Bonchev–Trinajstić information content (AvgIpc) is 2.77. The first-order valence-corrected chi connectivity index (χ1v) is 11.7. The summed E-state index contributed by atoms with van der Waals surface area (Å²) in [5.41, 5.74) is 3.60. The zero-order valence-electron chi connectivity index (χ0n) is 19.2. The number of benzene rings is 2. The van der Waals surface area contributed by atoms with Gasteiger partial charge >= 0.3 is 0 Å². The molecule has 0 aliphatic carbocycles. The predicted octanol–water partition coefficient (Wildman–Crippen LogP) is 3.17. The van der Waals surface area contributed by atoms with Gasteiger partial charge in [0.2, 0.25) is 5.91 Å². The van der Waals surface area contributed by atoms with Crippen molar-refractivity contribution in [3.8, 4) is 0 Å². The molecule has 1 N–H and O–H groups in total. The van der Waals surface area contributed by atoms with Gasteiger partial charge in [0, 0.05) is 31.1 Å². The molecule has 32 heavy (non-hydrogen) atoms. The van der Waals surface area contributed by atoms with E-state index in [1.807, 2.05) is 42.1 Å². The second-order valence-corrected chi connectivity index (χ2v) is 9.28. The van der Waals surface area contributed by atoms with Crippen LogP contribution in [0.3, 0.4) is 0 Å². The summed E-state index contributed by atoms with van der Waals surface area (Å²) >= 11 is 0. The fourth-order valence-corrected chi connectivity index (χ4v) is 5.12. The van der Waals surface area contributed by atoms with Crippen molar-refractivity contribution >= 4 is 18.1 Å². The second-order valence-electron chi connectivity index (χ2n) is 9.28. The molecule has 0 radical (unpaired) electrons. The molecule has 2 aromatic rings. The largest absolute Gasteiger partial charge is 0.395 e. The number of hydrogen-bond acceptors (Lipinski definition) is 4. The number of aliphatic hydroxyl groups is 1. The summed E-state index contributed by atoms with van der Waals surface area (Å²) in [7, 11) is 3.88. The Balaban J connectivity index is 1.49. The molecule has 0 saturated carbocycles. The van der Waals surface area contributed by atoms with Crippen LogP contribution in [0.5, 0.6) is 0 Å². The monoisotopic (exact) mass is 433 g/mol. The Kier molecular flexibility index (Phi) is 7.40. The second kappa shape index (κ2) is 10.4. The van der Waals surface area contributed by atoms with E-state index in [-0.39, 0.29) is 30.5 Å². The molecule has 0 spiro atoms.